The van der Waals surface area contributed by atoms with Gasteiger partial charge in [0.05, 0.1) is 19.8 Å². The van der Waals surface area contributed by atoms with Crippen molar-refractivity contribution in [3.63, 3.8) is 0 Å². The molecule has 1 N–H and O–H groups in total. The van der Waals surface area contributed by atoms with Gasteiger partial charge >= 0.3 is 7.60 Å². The highest BCUT2D eigenvalue weighted by atomic mass is 31.2. The summed E-state index contributed by atoms with van der Waals surface area (Å²) in [5.74, 6) is 0. The summed E-state index contributed by atoms with van der Waals surface area (Å²) in [5, 5.41) is 8.47. The summed E-state index contributed by atoms with van der Waals surface area (Å²) in [6.07, 6.45) is 1.15. The van der Waals surface area contributed by atoms with E-state index in [0.29, 0.717) is 13.2 Å². The highest BCUT2D eigenvalue weighted by Gasteiger charge is 2.22. The normalized spacial score (nSPS) is 11.9. The molecule has 1 radical (unpaired) electrons. The Morgan fingerprint density at radius 2 is 1.82 bits per heavy atom. The van der Waals surface area contributed by atoms with Gasteiger partial charge in [-0.2, -0.15) is 0 Å². The average molecular weight is 181 g/mol. The average Bonchev–Trinajstić information content (AvgIpc) is 1.88. The van der Waals surface area contributed by atoms with Crippen LogP contribution in [0.5, 0.6) is 0 Å². The molecule has 0 heterocycles. The Kier molecular flexibility index (Phi) is 5.78. The van der Waals surface area contributed by atoms with Crippen LogP contribution < -0.4 is 0 Å². The lowest BCUT2D eigenvalue weighted by Crippen LogP contribution is -1.98. The Morgan fingerprint density at radius 3 is 2.09 bits per heavy atom. The second kappa shape index (κ2) is 5.72. The topological polar surface area (TPSA) is 55.8 Å². The third-order valence-corrected chi connectivity index (χ3v) is 2.77. The van der Waals surface area contributed by atoms with Crippen LogP contribution in [0, 0.1) is 6.16 Å². The summed E-state index contributed by atoms with van der Waals surface area (Å²) in [6.45, 7) is 3.77. The van der Waals surface area contributed by atoms with Crippen molar-refractivity contribution in [2.45, 2.75) is 13.8 Å². The van der Waals surface area contributed by atoms with Crippen LogP contribution >= 0.6 is 7.60 Å². The predicted molar refractivity (Wildman–Crippen MR) is 42.2 cm³/mol. The minimum absolute atomic E-state index is 0.294. The number of hydrogen-bond donors (Lipinski definition) is 1. The van der Waals surface area contributed by atoms with Crippen molar-refractivity contribution in [1.29, 1.82) is 0 Å². The first-order chi connectivity index (χ1) is 5.18. The van der Waals surface area contributed by atoms with E-state index in [1.165, 1.54) is 0 Å². The number of aliphatic hydroxyl groups excluding tert-OH is 1. The van der Waals surface area contributed by atoms with Crippen molar-refractivity contribution in [2.24, 2.45) is 0 Å². The molecular formula is C6H14O4P. The third kappa shape index (κ3) is 4.53. The maximum atomic E-state index is 11.4. The minimum atomic E-state index is -3.09. The Balaban J connectivity index is 3.91. The van der Waals surface area contributed by atoms with Crippen LogP contribution in [0.25, 0.3) is 0 Å². The van der Waals surface area contributed by atoms with Gasteiger partial charge in [-0.15, -0.1) is 0 Å². The van der Waals surface area contributed by atoms with E-state index in [9.17, 15) is 4.57 Å². The Bertz CT molecular complexity index is 113. The SMILES string of the molecule is CCOP(=O)([CH]CO)OCC. The lowest BCUT2D eigenvalue weighted by atomic mass is 10.9. The van der Waals surface area contributed by atoms with Crippen molar-refractivity contribution in [3.8, 4) is 0 Å². The van der Waals surface area contributed by atoms with Crippen molar-refractivity contribution in [2.75, 3.05) is 19.8 Å². The molecule has 0 aromatic carbocycles. The zero-order valence-corrected chi connectivity index (χ0v) is 7.71. The Morgan fingerprint density at radius 1 is 1.36 bits per heavy atom. The molecule has 11 heavy (non-hydrogen) atoms. The first-order valence-corrected chi connectivity index (χ1v) is 5.13. The van der Waals surface area contributed by atoms with E-state index in [1.807, 2.05) is 0 Å². The molecule has 0 bridgehead atoms. The first kappa shape index (κ1) is 11.1. The van der Waals surface area contributed by atoms with Gasteiger partial charge in [-0.3, -0.25) is 4.57 Å². The molecule has 0 saturated carbocycles. The number of hydrogen-bond acceptors (Lipinski definition) is 4. The van der Waals surface area contributed by atoms with E-state index in [2.05, 4.69) is 0 Å². The van der Waals surface area contributed by atoms with E-state index >= 15 is 0 Å². The second-order valence-electron chi connectivity index (χ2n) is 1.74. The van der Waals surface area contributed by atoms with Gasteiger partial charge in [0.15, 0.2) is 0 Å². The smallest absolute Gasteiger partial charge is 0.337 e. The molecule has 0 aromatic heterocycles. The fourth-order valence-electron chi connectivity index (χ4n) is 0.603. The van der Waals surface area contributed by atoms with Crippen LogP contribution in [0.3, 0.4) is 0 Å². The standard InChI is InChI=1S/C6H14O4P/c1-3-9-11(8,6-5-7)10-4-2/h6-7H,3-5H2,1-2H3. The van der Waals surface area contributed by atoms with Crippen molar-refractivity contribution < 1.29 is 18.7 Å². The van der Waals surface area contributed by atoms with E-state index in [-0.39, 0.29) is 6.61 Å². The van der Waals surface area contributed by atoms with E-state index in [4.69, 9.17) is 14.2 Å². The molecule has 0 unspecified atom stereocenters. The summed E-state index contributed by atoms with van der Waals surface area (Å²) >= 11 is 0. The van der Waals surface area contributed by atoms with Crippen LogP contribution in [0.4, 0.5) is 0 Å². The van der Waals surface area contributed by atoms with Gasteiger partial charge in [0.1, 0.15) is 6.16 Å². The lowest BCUT2D eigenvalue weighted by Gasteiger charge is -2.14. The Hall–Kier alpha value is 0.110. The van der Waals surface area contributed by atoms with Crippen LogP contribution in [0.1, 0.15) is 13.8 Å². The first-order valence-electron chi connectivity index (χ1n) is 3.52. The van der Waals surface area contributed by atoms with Gasteiger partial charge in [-0.1, -0.05) is 0 Å². The molecule has 0 spiro atoms. The summed E-state index contributed by atoms with van der Waals surface area (Å²) < 4.78 is 21.0. The van der Waals surface area contributed by atoms with Crippen LogP contribution in [0.15, 0.2) is 0 Å². The van der Waals surface area contributed by atoms with Gasteiger partial charge in [-0.05, 0) is 13.8 Å². The van der Waals surface area contributed by atoms with Crippen molar-refractivity contribution >= 4 is 7.60 Å². The monoisotopic (exact) mass is 181 g/mol. The molecule has 0 amide bonds. The van der Waals surface area contributed by atoms with Crippen LogP contribution in [-0.4, -0.2) is 24.9 Å². The quantitative estimate of drug-likeness (QED) is 0.629. The van der Waals surface area contributed by atoms with Gasteiger partial charge in [-0.25, -0.2) is 0 Å². The summed E-state index contributed by atoms with van der Waals surface area (Å²) in [7, 11) is -3.09. The molecule has 67 valence electrons. The molecule has 4 nitrogen and oxygen atoms in total. The third-order valence-electron chi connectivity index (χ3n) is 0.923. The fraction of sp³-hybridized carbons (Fsp3) is 0.833. The van der Waals surface area contributed by atoms with E-state index in [1.54, 1.807) is 13.8 Å². The fourth-order valence-corrected chi connectivity index (χ4v) is 1.81. The molecule has 0 aliphatic heterocycles. The molecule has 0 aromatic rings. The van der Waals surface area contributed by atoms with Crippen LogP contribution in [-0.2, 0) is 13.6 Å². The number of rotatable bonds is 6. The van der Waals surface area contributed by atoms with Crippen molar-refractivity contribution in [1.82, 2.24) is 0 Å². The maximum Gasteiger partial charge on any atom is 0.337 e. The molecule has 0 fully saturated rings. The van der Waals surface area contributed by atoms with Crippen molar-refractivity contribution in [3.05, 3.63) is 6.16 Å². The van der Waals surface area contributed by atoms with Gasteiger partial charge in [0, 0.05) is 0 Å². The van der Waals surface area contributed by atoms with Gasteiger partial charge in [0.2, 0.25) is 0 Å². The summed E-state index contributed by atoms with van der Waals surface area (Å²) in [4.78, 5) is 0. The maximum absolute atomic E-state index is 11.4. The Labute approximate surface area is 67.0 Å². The number of aliphatic hydroxyl groups is 1. The molecule has 0 aliphatic rings. The summed E-state index contributed by atoms with van der Waals surface area (Å²) in [6, 6.07) is 0. The highest BCUT2D eigenvalue weighted by molar-refractivity contribution is 7.56. The molecule has 5 heteroatoms. The molecular weight excluding hydrogens is 167 g/mol. The summed E-state index contributed by atoms with van der Waals surface area (Å²) in [5.41, 5.74) is 0. The molecule has 0 aliphatic carbocycles. The van der Waals surface area contributed by atoms with Gasteiger partial charge in [0.25, 0.3) is 0 Å². The predicted octanol–water partition coefficient (Wildman–Crippen LogP) is 1.41. The van der Waals surface area contributed by atoms with Gasteiger partial charge < -0.3 is 14.2 Å². The highest BCUT2D eigenvalue weighted by Crippen LogP contribution is 2.50. The zero-order valence-electron chi connectivity index (χ0n) is 6.82. The molecule has 0 saturated heterocycles. The second-order valence-corrected chi connectivity index (χ2v) is 3.70. The van der Waals surface area contributed by atoms with Crippen LogP contribution in [0.2, 0.25) is 0 Å². The molecule has 0 rings (SSSR count). The lowest BCUT2D eigenvalue weighted by molar-refractivity contribution is 0.219. The zero-order chi connectivity index (χ0) is 8.74. The largest absolute Gasteiger partial charge is 0.395 e. The minimum Gasteiger partial charge on any atom is -0.395 e. The molecule has 0 atom stereocenters. The van der Waals surface area contributed by atoms with E-state index in [0.717, 1.165) is 6.16 Å². The van der Waals surface area contributed by atoms with E-state index < -0.39 is 7.60 Å².